The van der Waals surface area contributed by atoms with Crippen molar-refractivity contribution >= 4 is 40.6 Å². The third-order valence-electron chi connectivity index (χ3n) is 6.57. The zero-order chi connectivity index (χ0) is 29.7. The molecule has 0 bridgehead atoms. The average Bonchev–Trinajstić information content (AvgIpc) is 3.42. The summed E-state index contributed by atoms with van der Waals surface area (Å²) in [5.41, 5.74) is 0.381. The van der Waals surface area contributed by atoms with Crippen LogP contribution in [0.5, 0.6) is 0 Å². The van der Waals surface area contributed by atoms with Crippen molar-refractivity contribution in [2.45, 2.75) is 13.1 Å². The van der Waals surface area contributed by atoms with Crippen LogP contribution in [0.1, 0.15) is 21.5 Å². The first-order valence-electron chi connectivity index (χ1n) is 13.1. The molecule has 0 unspecified atom stereocenters. The molecule has 3 N–H and O–H groups in total. The summed E-state index contributed by atoms with van der Waals surface area (Å²) in [5.74, 6) is 0.946. The first-order valence-corrected chi connectivity index (χ1v) is 13.5. The van der Waals surface area contributed by atoms with E-state index in [1.54, 1.807) is 41.2 Å². The third kappa shape index (κ3) is 7.16. The van der Waals surface area contributed by atoms with Crippen LogP contribution in [-0.4, -0.2) is 69.7 Å². The first kappa shape index (κ1) is 29.3. The number of amides is 1. The minimum Gasteiger partial charge on any atom is -0.379 e. The second-order valence-corrected chi connectivity index (χ2v) is 9.99. The van der Waals surface area contributed by atoms with E-state index in [0.29, 0.717) is 29.8 Å². The molecular weight excluding hydrogens is 573 g/mol. The minimum absolute atomic E-state index is 0.0422. The zero-order valence-electron chi connectivity index (χ0n) is 22.6. The van der Waals surface area contributed by atoms with Gasteiger partial charge in [-0.25, -0.2) is 15.0 Å². The predicted octanol–water partition coefficient (Wildman–Crippen LogP) is 5.38. The Morgan fingerprint density at radius 1 is 1.07 bits per heavy atom. The number of morpholine rings is 1. The van der Waals surface area contributed by atoms with Gasteiger partial charge in [0.25, 0.3) is 5.91 Å². The van der Waals surface area contributed by atoms with Crippen LogP contribution in [-0.2, 0) is 10.9 Å². The smallest absolute Gasteiger partial charge is 0.379 e. The van der Waals surface area contributed by atoms with Gasteiger partial charge in [0.15, 0.2) is 0 Å². The summed E-state index contributed by atoms with van der Waals surface area (Å²) in [6, 6.07) is 10.1. The van der Waals surface area contributed by atoms with Crippen LogP contribution in [0.4, 0.5) is 36.3 Å². The molecule has 1 saturated heterocycles. The van der Waals surface area contributed by atoms with Crippen LogP contribution in [0, 0.1) is 6.92 Å². The van der Waals surface area contributed by atoms with Gasteiger partial charge in [0.1, 0.15) is 18.0 Å². The first-order chi connectivity index (χ1) is 20.2. The van der Waals surface area contributed by atoms with Gasteiger partial charge in [0.2, 0.25) is 5.95 Å². The summed E-state index contributed by atoms with van der Waals surface area (Å²) in [5, 5.41) is 8.56. The lowest BCUT2D eigenvalue weighted by Gasteiger charge is -2.26. The van der Waals surface area contributed by atoms with Crippen molar-refractivity contribution in [2.24, 2.45) is 0 Å². The van der Waals surface area contributed by atoms with Crippen molar-refractivity contribution in [2.75, 3.05) is 55.3 Å². The molecule has 14 heteroatoms. The minimum atomic E-state index is -4.66. The molecule has 5 rings (SSSR count). The Labute approximate surface area is 244 Å². The van der Waals surface area contributed by atoms with E-state index >= 15 is 0 Å². The van der Waals surface area contributed by atoms with Gasteiger partial charge >= 0.3 is 6.18 Å². The van der Waals surface area contributed by atoms with Crippen molar-refractivity contribution < 1.29 is 22.7 Å². The summed E-state index contributed by atoms with van der Waals surface area (Å²) < 4.78 is 47.0. The van der Waals surface area contributed by atoms with Gasteiger partial charge in [-0.2, -0.15) is 13.2 Å². The van der Waals surface area contributed by atoms with Crippen LogP contribution in [0.25, 0.3) is 5.82 Å². The zero-order valence-corrected chi connectivity index (χ0v) is 23.3. The number of imidazole rings is 1. The normalized spacial score (nSPS) is 14.0. The van der Waals surface area contributed by atoms with Crippen molar-refractivity contribution in [1.29, 1.82) is 0 Å². The number of ether oxygens (including phenoxy) is 1. The molecule has 0 saturated carbocycles. The number of carbonyl (C=O) groups is 1. The van der Waals surface area contributed by atoms with Crippen LogP contribution in [0.15, 0.2) is 61.2 Å². The van der Waals surface area contributed by atoms with E-state index in [1.807, 2.05) is 6.92 Å². The highest BCUT2D eigenvalue weighted by atomic mass is 35.5. The van der Waals surface area contributed by atoms with E-state index in [-0.39, 0.29) is 11.3 Å². The summed E-state index contributed by atoms with van der Waals surface area (Å²) in [6.45, 7) is 6.67. The Morgan fingerprint density at radius 2 is 1.88 bits per heavy atom. The van der Waals surface area contributed by atoms with Crippen molar-refractivity contribution in [1.82, 2.24) is 24.4 Å². The Bertz CT molecular complexity index is 1560. The second-order valence-electron chi connectivity index (χ2n) is 9.58. The van der Waals surface area contributed by atoms with E-state index in [1.165, 1.54) is 12.4 Å². The number of anilines is 4. The Hall–Kier alpha value is -4.20. The summed E-state index contributed by atoms with van der Waals surface area (Å²) >= 11 is 5.72. The topological polar surface area (TPSA) is 109 Å². The summed E-state index contributed by atoms with van der Waals surface area (Å²) in [6.07, 6.45) is 0.0790. The number of benzene rings is 2. The highest BCUT2D eigenvalue weighted by Crippen LogP contribution is 2.36. The molecule has 220 valence electrons. The number of nitrogens with one attached hydrogen (secondary N) is 3. The van der Waals surface area contributed by atoms with Crippen molar-refractivity contribution in [3.8, 4) is 5.82 Å². The van der Waals surface area contributed by atoms with E-state index in [9.17, 15) is 18.0 Å². The number of hydrogen-bond acceptors (Lipinski definition) is 8. The molecule has 1 aliphatic heterocycles. The molecule has 0 spiro atoms. The number of hydrogen-bond donors (Lipinski definition) is 3. The number of halogens is 4. The fourth-order valence-electron chi connectivity index (χ4n) is 4.42. The number of alkyl halides is 3. The Kier molecular flexibility index (Phi) is 8.90. The molecular formula is C28H28ClF3N8O2. The van der Waals surface area contributed by atoms with Crippen molar-refractivity contribution in [3.63, 3.8) is 0 Å². The average molecular weight is 601 g/mol. The van der Waals surface area contributed by atoms with Gasteiger partial charge in [-0.05, 0) is 42.8 Å². The molecule has 1 fully saturated rings. The molecule has 1 amide bonds. The maximum atomic E-state index is 13.3. The molecule has 10 nitrogen and oxygen atoms in total. The Morgan fingerprint density at radius 3 is 2.67 bits per heavy atom. The highest BCUT2D eigenvalue weighted by Gasteiger charge is 2.33. The van der Waals surface area contributed by atoms with Gasteiger partial charge < -0.3 is 20.7 Å². The van der Waals surface area contributed by atoms with E-state index in [2.05, 4.69) is 35.8 Å². The van der Waals surface area contributed by atoms with E-state index < -0.39 is 22.7 Å². The van der Waals surface area contributed by atoms with Gasteiger partial charge in [-0.3, -0.25) is 14.3 Å². The molecule has 42 heavy (non-hydrogen) atoms. The lowest BCUT2D eigenvalue weighted by atomic mass is 10.1. The summed E-state index contributed by atoms with van der Waals surface area (Å²) in [7, 11) is 0. The maximum Gasteiger partial charge on any atom is 0.417 e. The molecule has 2 aromatic heterocycles. The third-order valence-corrected chi connectivity index (χ3v) is 6.90. The lowest BCUT2D eigenvalue weighted by Crippen LogP contribution is -2.39. The fraction of sp³-hybridized carbons (Fsp3) is 0.286. The monoisotopic (exact) mass is 600 g/mol. The van der Waals surface area contributed by atoms with Gasteiger partial charge in [0.05, 0.1) is 35.1 Å². The van der Waals surface area contributed by atoms with Crippen LogP contribution >= 0.6 is 11.6 Å². The van der Waals surface area contributed by atoms with E-state index in [4.69, 9.17) is 16.3 Å². The number of aryl methyl sites for hydroxylation is 1. The molecule has 0 atom stereocenters. The molecule has 0 aliphatic carbocycles. The maximum absolute atomic E-state index is 13.3. The molecule has 3 heterocycles. The quantitative estimate of drug-likeness (QED) is 0.235. The highest BCUT2D eigenvalue weighted by molar-refractivity contribution is 6.31. The lowest BCUT2D eigenvalue weighted by molar-refractivity contribution is -0.137. The van der Waals surface area contributed by atoms with Crippen LogP contribution in [0.2, 0.25) is 5.02 Å². The van der Waals surface area contributed by atoms with Gasteiger partial charge in [0, 0.05) is 50.3 Å². The predicted molar refractivity (Wildman–Crippen MR) is 154 cm³/mol. The van der Waals surface area contributed by atoms with Crippen molar-refractivity contribution in [3.05, 3.63) is 82.9 Å². The van der Waals surface area contributed by atoms with Gasteiger partial charge in [-0.15, -0.1) is 0 Å². The number of rotatable bonds is 9. The molecule has 0 radical (unpaired) electrons. The van der Waals surface area contributed by atoms with Crippen LogP contribution in [0.3, 0.4) is 0 Å². The van der Waals surface area contributed by atoms with E-state index in [0.717, 1.165) is 50.5 Å². The standard InChI is InChI=1S/C28H28ClF3N8O2/c1-18-2-4-20(26(41)37-19-3-5-22(29)21(15-19)28(30,31)32)23(14-18)38-27-34-7-9-40(27)25-16-24(35-17-36-25)33-6-8-39-10-12-42-13-11-39/h2-5,7,9,14-17H,6,8,10-13H2,1H3,(H,34,38)(H,37,41)(H,33,35,36). The molecule has 2 aromatic carbocycles. The number of carbonyl (C=O) groups excluding carboxylic acids is 1. The van der Waals surface area contributed by atoms with Crippen LogP contribution < -0.4 is 16.0 Å². The molecule has 1 aliphatic rings. The largest absolute Gasteiger partial charge is 0.417 e. The summed E-state index contributed by atoms with van der Waals surface area (Å²) in [4.78, 5) is 28.6. The van der Waals surface area contributed by atoms with Gasteiger partial charge in [-0.1, -0.05) is 17.7 Å². The number of nitrogens with zero attached hydrogens (tertiary/aromatic N) is 5. The molecule has 4 aromatic rings. The SMILES string of the molecule is Cc1ccc(C(=O)Nc2ccc(Cl)c(C(F)(F)F)c2)c(Nc2nccn2-c2cc(NCCN3CCOCC3)ncn2)c1. The number of aromatic nitrogens is 4. The fourth-order valence-corrected chi connectivity index (χ4v) is 4.65. The Balaban J connectivity index is 1.32. The second kappa shape index (κ2) is 12.8.